The van der Waals surface area contributed by atoms with E-state index in [2.05, 4.69) is 16.7 Å². The van der Waals surface area contributed by atoms with Crippen molar-refractivity contribution in [2.75, 3.05) is 5.32 Å². The van der Waals surface area contributed by atoms with Gasteiger partial charge in [0.2, 0.25) is 0 Å². The van der Waals surface area contributed by atoms with Gasteiger partial charge in [0, 0.05) is 12.2 Å². The molecular weight excluding hydrogens is 233 g/mol. The first kappa shape index (κ1) is 11.0. The maximum atomic E-state index is 13.8. The highest BCUT2D eigenvalue weighted by Gasteiger charge is 2.37. The molecule has 1 amide bonds. The van der Waals surface area contributed by atoms with Crippen LogP contribution in [0.2, 0.25) is 0 Å². The number of carbonyl (C=O) groups excluding carboxylic acids is 1. The molecule has 0 spiro atoms. The van der Waals surface area contributed by atoms with Crippen LogP contribution in [-0.2, 0) is 6.54 Å². The maximum absolute atomic E-state index is 13.8. The Labute approximate surface area is 104 Å². The van der Waals surface area contributed by atoms with Crippen LogP contribution in [0.5, 0.6) is 0 Å². The van der Waals surface area contributed by atoms with E-state index in [1.807, 2.05) is 0 Å². The number of hydrogen-bond acceptors (Lipinski definition) is 3. The number of nitriles is 1. The molecule has 1 aromatic carbocycles. The number of nitrogens with one attached hydrogen (secondary N) is 2. The molecule has 2 aliphatic rings. The molecule has 1 saturated carbocycles. The van der Waals surface area contributed by atoms with Crippen molar-refractivity contribution in [3.63, 3.8) is 0 Å². The molecule has 0 bridgehead atoms. The smallest absolute Gasteiger partial charge is 0.254 e. The van der Waals surface area contributed by atoms with E-state index in [-0.39, 0.29) is 11.5 Å². The first-order valence-corrected chi connectivity index (χ1v) is 5.94. The molecule has 92 valence electrons. The Morgan fingerprint density at radius 3 is 2.83 bits per heavy atom. The average molecular weight is 245 g/mol. The SMILES string of the molecule is N#CC1(Nc2cc(F)c3c(c2)CNC3=O)CCC1. The van der Waals surface area contributed by atoms with Gasteiger partial charge >= 0.3 is 0 Å². The van der Waals surface area contributed by atoms with Crippen molar-refractivity contribution in [3.8, 4) is 6.07 Å². The Kier molecular flexibility index (Phi) is 2.27. The number of rotatable bonds is 2. The molecular formula is C13H12FN3O. The fourth-order valence-corrected chi connectivity index (χ4v) is 2.46. The van der Waals surface area contributed by atoms with E-state index in [0.29, 0.717) is 17.8 Å². The number of amides is 1. The van der Waals surface area contributed by atoms with Crippen LogP contribution in [0, 0.1) is 17.1 Å². The fourth-order valence-electron chi connectivity index (χ4n) is 2.46. The topological polar surface area (TPSA) is 64.9 Å². The maximum Gasteiger partial charge on any atom is 0.254 e. The van der Waals surface area contributed by atoms with E-state index in [4.69, 9.17) is 5.26 Å². The summed E-state index contributed by atoms with van der Waals surface area (Å²) in [5.41, 5.74) is 0.788. The van der Waals surface area contributed by atoms with Gasteiger partial charge in [-0.15, -0.1) is 0 Å². The van der Waals surface area contributed by atoms with Crippen LogP contribution in [0.4, 0.5) is 10.1 Å². The summed E-state index contributed by atoms with van der Waals surface area (Å²) in [5.74, 6) is -0.898. The molecule has 0 aromatic heterocycles. The zero-order chi connectivity index (χ0) is 12.8. The Morgan fingerprint density at radius 2 is 2.22 bits per heavy atom. The minimum absolute atomic E-state index is 0.125. The average Bonchev–Trinajstić information content (AvgIpc) is 2.66. The van der Waals surface area contributed by atoms with Crippen LogP contribution in [0.15, 0.2) is 12.1 Å². The first-order valence-electron chi connectivity index (χ1n) is 5.94. The normalized spacial score (nSPS) is 19.4. The van der Waals surface area contributed by atoms with E-state index in [0.717, 1.165) is 19.3 Å². The molecule has 18 heavy (non-hydrogen) atoms. The molecule has 3 rings (SSSR count). The van der Waals surface area contributed by atoms with Crippen LogP contribution in [0.3, 0.4) is 0 Å². The predicted octanol–water partition coefficient (Wildman–Crippen LogP) is 1.93. The molecule has 4 nitrogen and oxygen atoms in total. The second-order valence-corrected chi connectivity index (χ2v) is 4.85. The van der Waals surface area contributed by atoms with Crippen LogP contribution in [0.25, 0.3) is 0 Å². The number of hydrogen-bond donors (Lipinski definition) is 2. The lowest BCUT2D eigenvalue weighted by Crippen LogP contribution is -2.43. The van der Waals surface area contributed by atoms with Gasteiger partial charge in [-0.05, 0) is 37.0 Å². The number of carbonyl (C=O) groups is 1. The van der Waals surface area contributed by atoms with Gasteiger partial charge in [0.15, 0.2) is 0 Å². The Hall–Kier alpha value is -2.09. The number of benzene rings is 1. The van der Waals surface area contributed by atoms with Gasteiger partial charge in [-0.1, -0.05) is 0 Å². The van der Waals surface area contributed by atoms with Gasteiger partial charge in [0.25, 0.3) is 5.91 Å². The third-order valence-electron chi connectivity index (χ3n) is 3.64. The Morgan fingerprint density at radius 1 is 1.44 bits per heavy atom. The summed E-state index contributed by atoms with van der Waals surface area (Å²) in [6.07, 6.45) is 2.56. The second-order valence-electron chi connectivity index (χ2n) is 4.85. The van der Waals surface area contributed by atoms with Gasteiger partial charge in [-0.2, -0.15) is 5.26 Å². The largest absolute Gasteiger partial charge is 0.367 e. The number of halogens is 1. The molecule has 1 aliphatic carbocycles. The van der Waals surface area contributed by atoms with Gasteiger partial charge < -0.3 is 10.6 Å². The van der Waals surface area contributed by atoms with E-state index in [9.17, 15) is 9.18 Å². The van der Waals surface area contributed by atoms with Crippen molar-refractivity contribution in [3.05, 3.63) is 29.1 Å². The molecule has 0 atom stereocenters. The van der Waals surface area contributed by atoms with Gasteiger partial charge in [0.05, 0.1) is 11.6 Å². The van der Waals surface area contributed by atoms with Crippen LogP contribution in [-0.4, -0.2) is 11.4 Å². The minimum atomic E-state index is -0.559. The number of fused-ring (bicyclic) bond motifs is 1. The fraction of sp³-hybridized carbons (Fsp3) is 0.385. The van der Waals surface area contributed by atoms with Crippen LogP contribution < -0.4 is 10.6 Å². The standard InChI is InChI=1S/C13H12FN3O/c14-10-5-9(17-13(7-15)2-1-3-13)4-8-6-16-12(18)11(8)10/h4-5,17H,1-3,6H2,(H,16,18). The van der Waals surface area contributed by atoms with Gasteiger partial charge in [0.1, 0.15) is 11.4 Å². The molecule has 0 radical (unpaired) electrons. The first-order chi connectivity index (χ1) is 8.63. The molecule has 1 heterocycles. The lowest BCUT2D eigenvalue weighted by atomic mass is 9.78. The third-order valence-corrected chi connectivity index (χ3v) is 3.64. The zero-order valence-corrected chi connectivity index (χ0v) is 9.72. The third kappa shape index (κ3) is 1.53. The van der Waals surface area contributed by atoms with Crippen molar-refractivity contribution in [2.45, 2.75) is 31.3 Å². The van der Waals surface area contributed by atoms with Crippen LogP contribution in [0.1, 0.15) is 35.2 Å². The van der Waals surface area contributed by atoms with Crippen molar-refractivity contribution in [2.24, 2.45) is 0 Å². The minimum Gasteiger partial charge on any atom is -0.367 e. The lowest BCUT2D eigenvalue weighted by molar-refractivity contribution is 0.0962. The Bertz CT molecular complexity index is 572. The van der Waals surface area contributed by atoms with E-state index < -0.39 is 11.4 Å². The lowest BCUT2D eigenvalue weighted by Gasteiger charge is -2.36. The van der Waals surface area contributed by atoms with E-state index in [1.54, 1.807) is 6.07 Å². The molecule has 2 N–H and O–H groups in total. The van der Waals surface area contributed by atoms with E-state index in [1.165, 1.54) is 6.07 Å². The molecule has 1 fully saturated rings. The van der Waals surface area contributed by atoms with Crippen LogP contribution >= 0.6 is 0 Å². The number of anilines is 1. The highest BCUT2D eigenvalue weighted by Crippen LogP contribution is 2.35. The summed E-state index contributed by atoms with van der Waals surface area (Å²) in [4.78, 5) is 11.4. The summed E-state index contributed by atoms with van der Waals surface area (Å²) >= 11 is 0. The number of nitrogens with zero attached hydrogens (tertiary/aromatic N) is 1. The highest BCUT2D eigenvalue weighted by atomic mass is 19.1. The summed E-state index contributed by atoms with van der Waals surface area (Å²) < 4.78 is 13.8. The molecule has 1 aromatic rings. The monoisotopic (exact) mass is 245 g/mol. The molecule has 5 heteroatoms. The second kappa shape index (κ2) is 3.70. The van der Waals surface area contributed by atoms with E-state index >= 15 is 0 Å². The molecule has 0 unspecified atom stereocenters. The van der Waals surface area contributed by atoms with Gasteiger partial charge in [-0.25, -0.2) is 4.39 Å². The molecule has 0 saturated heterocycles. The predicted molar refractivity (Wildman–Crippen MR) is 63.4 cm³/mol. The quantitative estimate of drug-likeness (QED) is 0.836. The van der Waals surface area contributed by atoms with Crippen molar-refractivity contribution in [1.29, 1.82) is 5.26 Å². The van der Waals surface area contributed by atoms with Crippen molar-refractivity contribution >= 4 is 11.6 Å². The summed E-state index contributed by atoms with van der Waals surface area (Å²) in [7, 11) is 0. The summed E-state index contributed by atoms with van der Waals surface area (Å²) in [6, 6.07) is 5.28. The summed E-state index contributed by atoms with van der Waals surface area (Å²) in [5, 5.41) is 14.8. The summed E-state index contributed by atoms with van der Waals surface area (Å²) in [6.45, 7) is 0.347. The highest BCUT2D eigenvalue weighted by molar-refractivity contribution is 5.99. The molecule has 1 aliphatic heterocycles. The van der Waals surface area contributed by atoms with Crippen molar-refractivity contribution in [1.82, 2.24) is 5.32 Å². The van der Waals surface area contributed by atoms with Gasteiger partial charge in [-0.3, -0.25) is 4.79 Å². The Balaban J connectivity index is 1.94. The zero-order valence-electron chi connectivity index (χ0n) is 9.72. The van der Waals surface area contributed by atoms with Crippen molar-refractivity contribution < 1.29 is 9.18 Å².